The molecular weight excluding hydrogens is 222 g/mol. The fourth-order valence-electron chi connectivity index (χ4n) is 1.05. The van der Waals surface area contributed by atoms with E-state index in [0.29, 0.717) is 0 Å². The molecule has 5 nitrogen and oxygen atoms in total. The zero-order valence-corrected chi connectivity index (χ0v) is 11.0. The Bertz CT molecular complexity index is 281. The van der Waals surface area contributed by atoms with E-state index >= 15 is 0 Å². The predicted octanol–water partition coefficient (Wildman–Crippen LogP) is 1.97. The van der Waals surface area contributed by atoms with Gasteiger partial charge in [-0.3, -0.25) is 9.69 Å². The number of hydrogen-bond donors (Lipinski definition) is 0. The van der Waals surface area contributed by atoms with Crippen LogP contribution in [0.4, 0.5) is 4.79 Å². The van der Waals surface area contributed by atoms with Crippen LogP contribution in [0, 0.1) is 0 Å². The lowest BCUT2D eigenvalue weighted by Crippen LogP contribution is -2.40. The third-order valence-corrected chi connectivity index (χ3v) is 1.63. The zero-order valence-electron chi connectivity index (χ0n) is 11.0. The van der Waals surface area contributed by atoms with Crippen molar-refractivity contribution in [2.75, 3.05) is 19.7 Å². The Morgan fingerprint density at radius 1 is 1.35 bits per heavy atom. The first-order valence-electron chi connectivity index (χ1n) is 5.54. The standard InChI is InChI=1S/C12H21NO4/c1-6-8-13(9-10(14)16-7-2)11(15)17-12(3,4)5/h6H,1,7-9H2,2-5H3. The van der Waals surface area contributed by atoms with E-state index in [-0.39, 0.29) is 19.7 Å². The minimum Gasteiger partial charge on any atom is -0.465 e. The maximum absolute atomic E-state index is 11.7. The van der Waals surface area contributed by atoms with E-state index in [1.165, 1.54) is 11.0 Å². The highest BCUT2D eigenvalue weighted by Gasteiger charge is 2.23. The number of nitrogens with zero attached hydrogens (tertiary/aromatic N) is 1. The largest absolute Gasteiger partial charge is 0.465 e. The molecule has 0 heterocycles. The van der Waals surface area contributed by atoms with Crippen molar-refractivity contribution in [2.45, 2.75) is 33.3 Å². The molecule has 17 heavy (non-hydrogen) atoms. The molecule has 0 aliphatic carbocycles. The Morgan fingerprint density at radius 2 is 1.94 bits per heavy atom. The van der Waals surface area contributed by atoms with Crippen molar-refractivity contribution in [3.8, 4) is 0 Å². The molecule has 0 spiro atoms. The van der Waals surface area contributed by atoms with Gasteiger partial charge in [0.25, 0.3) is 0 Å². The van der Waals surface area contributed by atoms with E-state index < -0.39 is 17.7 Å². The molecule has 0 fully saturated rings. The molecule has 0 aromatic heterocycles. The first kappa shape index (κ1) is 15.5. The molecule has 0 bridgehead atoms. The molecule has 0 aliphatic rings. The molecule has 0 aromatic rings. The molecule has 0 aliphatic heterocycles. The van der Waals surface area contributed by atoms with Gasteiger partial charge >= 0.3 is 12.1 Å². The molecule has 98 valence electrons. The maximum Gasteiger partial charge on any atom is 0.411 e. The number of esters is 1. The Labute approximate surface area is 102 Å². The van der Waals surface area contributed by atoms with Crippen LogP contribution in [0.1, 0.15) is 27.7 Å². The van der Waals surface area contributed by atoms with Crippen LogP contribution in [-0.2, 0) is 14.3 Å². The Kier molecular flexibility index (Phi) is 6.31. The summed E-state index contributed by atoms with van der Waals surface area (Å²) in [6.45, 7) is 10.9. The Morgan fingerprint density at radius 3 is 2.35 bits per heavy atom. The average Bonchev–Trinajstić information content (AvgIpc) is 2.14. The summed E-state index contributed by atoms with van der Waals surface area (Å²) in [5.74, 6) is -0.458. The number of ether oxygens (including phenoxy) is 2. The third-order valence-electron chi connectivity index (χ3n) is 1.63. The summed E-state index contributed by atoms with van der Waals surface area (Å²) in [6, 6.07) is 0. The van der Waals surface area contributed by atoms with E-state index in [1.807, 2.05) is 0 Å². The molecule has 5 heteroatoms. The lowest BCUT2D eigenvalue weighted by atomic mass is 10.2. The van der Waals surface area contributed by atoms with Crippen molar-refractivity contribution in [3.05, 3.63) is 12.7 Å². The van der Waals surface area contributed by atoms with Crippen LogP contribution in [0.5, 0.6) is 0 Å². The smallest absolute Gasteiger partial charge is 0.411 e. The Balaban J connectivity index is 4.45. The van der Waals surface area contributed by atoms with E-state index in [4.69, 9.17) is 9.47 Å². The molecule has 0 N–H and O–H groups in total. The molecule has 0 aromatic carbocycles. The minimum absolute atomic E-state index is 0.130. The van der Waals surface area contributed by atoms with Crippen LogP contribution < -0.4 is 0 Å². The van der Waals surface area contributed by atoms with Gasteiger partial charge in [-0.2, -0.15) is 0 Å². The lowest BCUT2D eigenvalue weighted by molar-refractivity contribution is -0.144. The second-order valence-electron chi connectivity index (χ2n) is 4.45. The van der Waals surface area contributed by atoms with Crippen molar-refractivity contribution in [3.63, 3.8) is 0 Å². The average molecular weight is 243 g/mol. The van der Waals surface area contributed by atoms with Gasteiger partial charge in [0, 0.05) is 6.54 Å². The summed E-state index contributed by atoms with van der Waals surface area (Å²) in [5.41, 5.74) is -0.592. The van der Waals surface area contributed by atoms with E-state index in [9.17, 15) is 9.59 Å². The SMILES string of the molecule is C=CCN(CC(=O)OCC)C(=O)OC(C)(C)C. The van der Waals surface area contributed by atoms with Crippen LogP contribution in [-0.4, -0.2) is 42.3 Å². The van der Waals surface area contributed by atoms with Gasteiger partial charge in [-0.05, 0) is 27.7 Å². The summed E-state index contributed by atoms with van der Waals surface area (Å²) >= 11 is 0. The van der Waals surface area contributed by atoms with Gasteiger partial charge in [-0.25, -0.2) is 4.79 Å². The van der Waals surface area contributed by atoms with Crippen LogP contribution in [0.25, 0.3) is 0 Å². The van der Waals surface area contributed by atoms with Crippen molar-refractivity contribution in [1.82, 2.24) is 4.90 Å². The van der Waals surface area contributed by atoms with E-state index in [1.54, 1.807) is 27.7 Å². The van der Waals surface area contributed by atoms with Gasteiger partial charge in [-0.1, -0.05) is 6.08 Å². The van der Waals surface area contributed by atoms with Crippen molar-refractivity contribution in [2.24, 2.45) is 0 Å². The summed E-state index contributed by atoms with van der Waals surface area (Å²) in [7, 11) is 0. The quantitative estimate of drug-likeness (QED) is 0.547. The molecule has 0 rings (SSSR count). The number of carbonyl (C=O) groups excluding carboxylic acids is 2. The molecule has 0 atom stereocenters. The number of carbonyl (C=O) groups is 2. The normalized spacial score (nSPS) is 10.6. The molecular formula is C12H21NO4. The van der Waals surface area contributed by atoms with Gasteiger partial charge in [-0.15, -0.1) is 6.58 Å². The first-order chi connectivity index (χ1) is 7.80. The molecule has 0 saturated carbocycles. The van der Waals surface area contributed by atoms with Crippen LogP contribution in [0.2, 0.25) is 0 Å². The predicted molar refractivity (Wildman–Crippen MR) is 64.6 cm³/mol. The van der Waals surface area contributed by atoms with Crippen molar-refractivity contribution in [1.29, 1.82) is 0 Å². The highest BCUT2D eigenvalue weighted by Crippen LogP contribution is 2.09. The topological polar surface area (TPSA) is 55.8 Å². The fraction of sp³-hybridized carbons (Fsp3) is 0.667. The van der Waals surface area contributed by atoms with Crippen LogP contribution in [0.15, 0.2) is 12.7 Å². The fourth-order valence-corrected chi connectivity index (χ4v) is 1.05. The second-order valence-corrected chi connectivity index (χ2v) is 4.45. The van der Waals surface area contributed by atoms with Crippen molar-refractivity contribution >= 4 is 12.1 Å². The maximum atomic E-state index is 11.7. The zero-order chi connectivity index (χ0) is 13.5. The lowest BCUT2D eigenvalue weighted by Gasteiger charge is -2.25. The Hall–Kier alpha value is -1.52. The van der Waals surface area contributed by atoms with Gasteiger partial charge in [0.2, 0.25) is 0 Å². The molecule has 0 saturated heterocycles. The highest BCUT2D eigenvalue weighted by molar-refractivity contribution is 5.78. The van der Waals surface area contributed by atoms with E-state index in [0.717, 1.165) is 0 Å². The molecule has 1 amide bonds. The number of rotatable bonds is 5. The molecule has 0 unspecified atom stereocenters. The highest BCUT2D eigenvalue weighted by atomic mass is 16.6. The summed E-state index contributed by atoms with van der Waals surface area (Å²) in [6.07, 6.45) is 0.980. The second kappa shape index (κ2) is 6.93. The van der Waals surface area contributed by atoms with Gasteiger partial charge in [0.05, 0.1) is 6.61 Å². The summed E-state index contributed by atoms with van der Waals surface area (Å²) in [4.78, 5) is 24.3. The minimum atomic E-state index is -0.592. The van der Waals surface area contributed by atoms with E-state index in [2.05, 4.69) is 6.58 Å². The van der Waals surface area contributed by atoms with Crippen LogP contribution >= 0.6 is 0 Å². The molecule has 0 radical (unpaired) electrons. The summed E-state index contributed by atoms with van der Waals surface area (Å²) in [5, 5.41) is 0. The van der Waals surface area contributed by atoms with Gasteiger partial charge < -0.3 is 9.47 Å². The van der Waals surface area contributed by atoms with Crippen LogP contribution in [0.3, 0.4) is 0 Å². The number of hydrogen-bond acceptors (Lipinski definition) is 4. The summed E-state index contributed by atoms with van der Waals surface area (Å²) < 4.78 is 9.94. The first-order valence-corrected chi connectivity index (χ1v) is 5.54. The van der Waals surface area contributed by atoms with Gasteiger partial charge in [0.15, 0.2) is 0 Å². The van der Waals surface area contributed by atoms with Crippen molar-refractivity contribution < 1.29 is 19.1 Å². The third kappa shape index (κ3) is 7.38. The van der Waals surface area contributed by atoms with Gasteiger partial charge in [0.1, 0.15) is 12.1 Å². The number of amides is 1. The monoisotopic (exact) mass is 243 g/mol.